The van der Waals surface area contributed by atoms with Gasteiger partial charge in [0, 0.05) is 42.4 Å². The Hall–Kier alpha value is -3.94. The zero-order valence-electron chi connectivity index (χ0n) is 23.2. The lowest BCUT2D eigenvalue weighted by atomic mass is 9.91. The average molecular weight is 618 g/mol. The number of hydrogen-bond acceptors (Lipinski definition) is 7. The van der Waals surface area contributed by atoms with E-state index in [0.29, 0.717) is 0 Å². The van der Waals surface area contributed by atoms with Crippen LogP contribution >= 0.6 is 0 Å². The first-order valence-electron chi connectivity index (χ1n) is 13.5. The molecule has 4 aromatic rings. The van der Waals surface area contributed by atoms with E-state index in [1.807, 2.05) is 0 Å². The Bertz CT molecular complexity index is 1740. The van der Waals surface area contributed by atoms with Crippen molar-refractivity contribution in [1.29, 1.82) is 0 Å². The molecule has 0 saturated carbocycles. The quantitative estimate of drug-likeness (QED) is 0.200. The number of likely N-dealkylation sites (tertiary alicyclic amines) is 1. The van der Waals surface area contributed by atoms with Crippen LogP contribution in [0.4, 0.5) is 18.9 Å². The van der Waals surface area contributed by atoms with Gasteiger partial charge in [-0.15, -0.1) is 0 Å². The Balaban J connectivity index is 1.46. The first-order chi connectivity index (χ1) is 20.3. The SMILES string of the molecule is COc1ccccc1S(=O)(=O)C1CCN(CC(O)(c2cn(Cc3ccccc3)c3cc([N+](=O)[O-])ccc23)C(F)(F)F)CC1. The standard InChI is InChI=1S/C30H30F3N3O6S/c1-42-27-9-5-6-10-28(27)43(40,41)23-13-15-34(16-14-23)20-29(37,30(31,32)33)25-19-35(18-21-7-3-2-4-8-21)26-17-22(36(38)39)11-12-24(25)26/h2-12,17,19,23,37H,13-16,18,20H2,1H3. The molecule has 0 amide bonds. The van der Waals surface area contributed by atoms with Crippen LogP contribution in [0.25, 0.3) is 10.9 Å². The lowest BCUT2D eigenvalue weighted by Crippen LogP contribution is -2.53. The second-order valence-electron chi connectivity index (χ2n) is 10.6. The van der Waals surface area contributed by atoms with Gasteiger partial charge in [-0.2, -0.15) is 13.2 Å². The predicted molar refractivity (Wildman–Crippen MR) is 154 cm³/mol. The number of β-amino-alcohol motifs (C(OH)–C–C–N with tert-alkyl or cyclic N) is 1. The topological polar surface area (TPSA) is 115 Å². The van der Waals surface area contributed by atoms with Crippen LogP contribution in [-0.4, -0.2) is 66.1 Å². The van der Waals surface area contributed by atoms with Gasteiger partial charge in [0.2, 0.25) is 5.60 Å². The zero-order valence-corrected chi connectivity index (χ0v) is 24.0. The van der Waals surface area contributed by atoms with E-state index >= 15 is 0 Å². The fourth-order valence-electron chi connectivity index (χ4n) is 5.70. The highest BCUT2D eigenvalue weighted by molar-refractivity contribution is 7.92. The normalized spacial score (nSPS) is 16.7. The summed E-state index contributed by atoms with van der Waals surface area (Å²) >= 11 is 0. The first-order valence-corrected chi connectivity index (χ1v) is 15.1. The van der Waals surface area contributed by atoms with Gasteiger partial charge in [-0.1, -0.05) is 42.5 Å². The number of hydrogen-bond donors (Lipinski definition) is 1. The minimum atomic E-state index is -5.11. The summed E-state index contributed by atoms with van der Waals surface area (Å²) in [6.07, 6.45) is -3.78. The van der Waals surface area contributed by atoms with Crippen molar-refractivity contribution in [2.45, 2.75) is 41.3 Å². The summed E-state index contributed by atoms with van der Waals surface area (Å²) in [6.45, 7) is -0.699. The van der Waals surface area contributed by atoms with Gasteiger partial charge in [-0.25, -0.2) is 8.42 Å². The molecule has 43 heavy (non-hydrogen) atoms. The van der Waals surface area contributed by atoms with Crippen LogP contribution < -0.4 is 4.74 Å². The predicted octanol–water partition coefficient (Wildman–Crippen LogP) is 5.29. The second-order valence-corrected chi connectivity index (χ2v) is 12.8. The van der Waals surface area contributed by atoms with Crippen LogP contribution in [-0.2, 0) is 22.0 Å². The molecule has 0 bridgehead atoms. The summed E-state index contributed by atoms with van der Waals surface area (Å²) in [5.74, 6) is 0.198. The molecule has 1 N–H and O–H groups in total. The average Bonchev–Trinajstić information content (AvgIpc) is 3.35. The Kier molecular flexibility index (Phi) is 8.25. The van der Waals surface area contributed by atoms with Gasteiger partial charge in [0.25, 0.3) is 5.69 Å². The zero-order chi connectivity index (χ0) is 31.0. The first kappa shape index (κ1) is 30.5. The number of benzene rings is 3. The molecular weight excluding hydrogens is 587 g/mol. The molecule has 2 heterocycles. The van der Waals surface area contributed by atoms with E-state index in [9.17, 15) is 36.8 Å². The third kappa shape index (κ3) is 5.84. The van der Waals surface area contributed by atoms with Crippen LogP contribution in [0.15, 0.2) is 83.9 Å². The monoisotopic (exact) mass is 617 g/mol. The Labute approximate surface area is 246 Å². The highest BCUT2D eigenvalue weighted by atomic mass is 32.2. The number of aliphatic hydroxyl groups is 1. The van der Waals surface area contributed by atoms with Gasteiger partial charge >= 0.3 is 6.18 Å². The minimum absolute atomic E-state index is 0.00552. The molecule has 0 aliphatic carbocycles. The third-order valence-corrected chi connectivity index (χ3v) is 10.3. The van der Waals surface area contributed by atoms with Gasteiger partial charge in [-0.05, 0) is 49.7 Å². The van der Waals surface area contributed by atoms with Gasteiger partial charge < -0.3 is 14.4 Å². The van der Waals surface area contributed by atoms with E-state index in [-0.39, 0.29) is 59.7 Å². The summed E-state index contributed by atoms with van der Waals surface area (Å²) < 4.78 is 77.7. The van der Waals surface area contributed by atoms with E-state index in [0.717, 1.165) is 11.6 Å². The van der Waals surface area contributed by atoms with E-state index < -0.39 is 43.9 Å². The molecule has 0 radical (unpaired) electrons. The summed E-state index contributed by atoms with van der Waals surface area (Å²) in [5, 5.41) is 22.1. The molecule has 9 nitrogen and oxygen atoms in total. The van der Waals surface area contributed by atoms with Gasteiger partial charge in [0.15, 0.2) is 9.84 Å². The largest absolute Gasteiger partial charge is 0.495 e. The molecule has 5 rings (SSSR count). The number of halogens is 3. The molecule has 13 heteroatoms. The lowest BCUT2D eigenvalue weighted by Gasteiger charge is -2.38. The lowest BCUT2D eigenvalue weighted by molar-refractivity contribution is -0.384. The van der Waals surface area contributed by atoms with Crippen molar-refractivity contribution in [2.75, 3.05) is 26.7 Å². The number of nitrogens with zero attached hydrogens (tertiary/aromatic N) is 3. The Morgan fingerprint density at radius 3 is 2.30 bits per heavy atom. The third-order valence-electron chi connectivity index (χ3n) is 7.99. The number of aromatic nitrogens is 1. The van der Waals surface area contributed by atoms with Gasteiger partial charge in [0.1, 0.15) is 10.6 Å². The van der Waals surface area contributed by atoms with Gasteiger partial charge in [-0.3, -0.25) is 15.0 Å². The van der Waals surface area contributed by atoms with Crippen LogP contribution in [0.1, 0.15) is 24.0 Å². The number of para-hydroxylation sites is 1. The van der Waals surface area contributed by atoms with Crippen molar-refractivity contribution >= 4 is 26.4 Å². The maximum absolute atomic E-state index is 14.8. The van der Waals surface area contributed by atoms with E-state index in [2.05, 4.69) is 0 Å². The molecular formula is C30H30F3N3O6S. The van der Waals surface area contributed by atoms with E-state index in [1.165, 1.54) is 47.0 Å². The number of fused-ring (bicyclic) bond motifs is 1. The number of piperidine rings is 1. The Morgan fingerprint density at radius 2 is 1.67 bits per heavy atom. The number of alkyl halides is 3. The highest BCUT2D eigenvalue weighted by Gasteiger charge is 2.57. The highest BCUT2D eigenvalue weighted by Crippen LogP contribution is 2.44. The van der Waals surface area contributed by atoms with Crippen LogP contribution in [0.3, 0.4) is 0 Å². The van der Waals surface area contributed by atoms with Crippen LogP contribution in [0.5, 0.6) is 5.75 Å². The summed E-state index contributed by atoms with van der Waals surface area (Å²) in [7, 11) is -2.45. The minimum Gasteiger partial charge on any atom is -0.495 e. The van der Waals surface area contributed by atoms with Crippen LogP contribution in [0, 0.1) is 10.1 Å². The molecule has 1 unspecified atom stereocenters. The molecule has 1 saturated heterocycles. The molecule has 1 atom stereocenters. The number of methoxy groups -OCH3 is 1. The number of rotatable bonds is 9. The molecule has 0 spiro atoms. The summed E-state index contributed by atoms with van der Waals surface area (Å²) in [5.41, 5.74) is -3.12. The van der Waals surface area contributed by atoms with Gasteiger partial charge in [0.05, 0.1) is 22.8 Å². The second kappa shape index (κ2) is 11.6. The van der Waals surface area contributed by atoms with Crippen molar-refractivity contribution in [3.8, 4) is 5.75 Å². The van der Waals surface area contributed by atoms with Crippen molar-refractivity contribution in [3.05, 3.63) is 100 Å². The molecule has 1 fully saturated rings. The summed E-state index contributed by atoms with van der Waals surface area (Å²) in [6, 6.07) is 18.6. The maximum Gasteiger partial charge on any atom is 0.422 e. The molecule has 228 valence electrons. The molecule has 1 aliphatic rings. The molecule has 1 aromatic heterocycles. The van der Waals surface area contributed by atoms with Crippen molar-refractivity contribution in [2.24, 2.45) is 0 Å². The molecule has 3 aromatic carbocycles. The number of nitro groups is 1. The smallest absolute Gasteiger partial charge is 0.422 e. The van der Waals surface area contributed by atoms with Crippen LogP contribution in [0.2, 0.25) is 0 Å². The Morgan fingerprint density at radius 1 is 1.02 bits per heavy atom. The van der Waals surface area contributed by atoms with Crippen molar-refractivity contribution < 1.29 is 36.4 Å². The fourth-order valence-corrected chi connectivity index (χ4v) is 7.59. The number of nitro benzene ring substituents is 1. The maximum atomic E-state index is 14.8. The fraction of sp³-hybridized carbons (Fsp3) is 0.333. The number of non-ortho nitro benzene ring substituents is 1. The number of sulfone groups is 1. The summed E-state index contributed by atoms with van der Waals surface area (Å²) in [4.78, 5) is 12.3. The van der Waals surface area contributed by atoms with E-state index in [4.69, 9.17) is 4.74 Å². The molecule has 1 aliphatic heterocycles. The number of ether oxygens (including phenoxy) is 1. The van der Waals surface area contributed by atoms with Crippen molar-refractivity contribution in [1.82, 2.24) is 9.47 Å². The van der Waals surface area contributed by atoms with E-state index in [1.54, 1.807) is 42.5 Å². The van der Waals surface area contributed by atoms with Crippen molar-refractivity contribution in [3.63, 3.8) is 0 Å².